The highest BCUT2D eigenvalue weighted by Gasteiger charge is 2.11. The van der Waals surface area contributed by atoms with E-state index in [1.165, 1.54) is 15.6 Å². The van der Waals surface area contributed by atoms with Crippen molar-refractivity contribution in [2.45, 2.75) is 33.1 Å². The van der Waals surface area contributed by atoms with Gasteiger partial charge in [-0.05, 0) is 19.9 Å². The first-order chi connectivity index (χ1) is 6.15. The lowest BCUT2D eigenvalue weighted by atomic mass is 10.1. The van der Waals surface area contributed by atoms with Gasteiger partial charge in [-0.25, -0.2) is 4.98 Å². The van der Waals surface area contributed by atoms with Gasteiger partial charge in [0.25, 0.3) is 0 Å². The van der Waals surface area contributed by atoms with Gasteiger partial charge in [-0.3, -0.25) is 0 Å². The summed E-state index contributed by atoms with van der Waals surface area (Å²) in [6, 6.07) is 0. The minimum atomic E-state index is 0.609. The average molecular weight is 198 g/mol. The Bertz CT molecular complexity index is 266. The zero-order chi connectivity index (χ0) is 9.84. The predicted octanol–water partition coefficient (Wildman–Crippen LogP) is 2.34. The summed E-state index contributed by atoms with van der Waals surface area (Å²) in [7, 11) is 1.98. The second-order valence-corrected chi connectivity index (χ2v) is 4.79. The maximum Gasteiger partial charge on any atom is 0.0900 e. The molecule has 0 spiro atoms. The molecule has 1 aromatic heterocycles. The number of nitrogens with zero attached hydrogens (tertiary/aromatic N) is 1. The van der Waals surface area contributed by atoms with E-state index in [0.29, 0.717) is 5.92 Å². The van der Waals surface area contributed by atoms with E-state index in [4.69, 9.17) is 0 Å². The number of aromatic nitrogens is 1. The molecule has 3 heteroatoms. The summed E-state index contributed by atoms with van der Waals surface area (Å²) in [5.41, 5.74) is 1.28. The Labute approximate surface area is 84.4 Å². The molecule has 1 rings (SSSR count). The standard InChI is InChI=1S/C10H18N2S/c1-7(2)10-9(5-6-11-4)12-8(3)13-10/h7,11H,5-6H2,1-4H3. The summed E-state index contributed by atoms with van der Waals surface area (Å²) in [6.45, 7) is 7.56. The van der Waals surface area contributed by atoms with E-state index in [-0.39, 0.29) is 0 Å². The van der Waals surface area contributed by atoms with Crippen molar-refractivity contribution in [1.82, 2.24) is 10.3 Å². The number of rotatable bonds is 4. The quantitative estimate of drug-likeness (QED) is 0.803. The van der Waals surface area contributed by atoms with Crippen LogP contribution in [-0.4, -0.2) is 18.6 Å². The Morgan fingerprint density at radius 1 is 1.46 bits per heavy atom. The first kappa shape index (κ1) is 10.7. The van der Waals surface area contributed by atoms with Crippen LogP contribution in [0.25, 0.3) is 0 Å². The van der Waals surface area contributed by atoms with Gasteiger partial charge >= 0.3 is 0 Å². The van der Waals surface area contributed by atoms with Crippen LogP contribution in [0.15, 0.2) is 0 Å². The van der Waals surface area contributed by atoms with Gasteiger partial charge in [0.2, 0.25) is 0 Å². The zero-order valence-electron chi connectivity index (χ0n) is 8.85. The van der Waals surface area contributed by atoms with E-state index in [0.717, 1.165) is 13.0 Å². The monoisotopic (exact) mass is 198 g/mol. The van der Waals surface area contributed by atoms with Gasteiger partial charge in [0.1, 0.15) is 0 Å². The third-order valence-corrected chi connectivity index (χ3v) is 3.28. The lowest BCUT2D eigenvalue weighted by molar-refractivity contribution is 0.760. The van der Waals surface area contributed by atoms with Gasteiger partial charge in [-0.2, -0.15) is 0 Å². The molecule has 2 nitrogen and oxygen atoms in total. The topological polar surface area (TPSA) is 24.9 Å². The van der Waals surface area contributed by atoms with Crippen molar-refractivity contribution in [2.24, 2.45) is 0 Å². The molecule has 0 saturated carbocycles. The lowest BCUT2D eigenvalue weighted by Gasteiger charge is -2.04. The molecule has 0 unspecified atom stereocenters. The number of thiazole rings is 1. The highest BCUT2D eigenvalue weighted by Crippen LogP contribution is 2.26. The minimum Gasteiger partial charge on any atom is -0.319 e. The van der Waals surface area contributed by atoms with Crippen LogP contribution < -0.4 is 5.32 Å². The number of nitrogens with one attached hydrogen (secondary N) is 1. The Morgan fingerprint density at radius 2 is 2.15 bits per heavy atom. The van der Waals surface area contributed by atoms with Crippen LogP contribution in [-0.2, 0) is 6.42 Å². The second-order valence-electron chi connectivity index (χ2n) is 3.55. The van der Waals surface area contributed by atoms with Crippen LogP contribution in [0.3, 0.4) is 0 Å². The van der Waals surface area contributed by atoms with Gasteiger partial charge in [-0.15, -0.1) is 11.3 Å². The normalized spacial score (nSPS) is 11.2. The van der Waals surface area contributed by atoms with E-state index in [9.17, 15) is 0 Å². The van der Waals surface area contributed by atoms with Crippen LogP contribution in [0, 0.1) is 6.92 Å². The molecule has 0 fully saturated rings. The molecular weight excluding hydrogens is 180 g/mol. The largest absolute Gasteiger partial charge is 0.319 e. The van der Waals surface area contributed by atoms with Crippen LogP contribution >= 0.6 is 11.3 Å². The minimum absolute atomic E-state index is 0.609. The summed E-state index contributed by atoms with van der Waals surface area (Å²) in [4.78, 5) is 6.00. The molecule has 0 aliphatic rings. The van der Waals surface area contributed by atoms with Gasteiger partial charge < -0.3 is 5.32 Å². The van der Waals surface area contributed by atoms with Crippen molar-refractivity contribution in [3.8, 4) is 0 Å². The molecule has 1 heterocycles. The lowest BCUT2D eigenvalue weighted by Crippen LogP contribution is -2.11. The van der Waals surface area contributed by atoms with Gasteiger partial charge in [0.05, 0.1) is 10.7 Å². The first-order valence-electron chi connectivity index (χ1n) is 4.76. The van der Waals surface area contributed by atoms with Gasteiger partial charge in [0.15, 0.2) is 0 Å². The summed E-state index contributed by atoms with van der Waals surface area (Å²) in [5, 5.41) is 4.35. The molecule has 1 N–H and O–H groups in total. The number of hydrogen-bond acceptors (Lipinski definition) is 3. The second kappa shape index (κ2) is 4.72. The van der Waals surface area contributed by atoms with Gasteiger partial charge in [-0.1, -0.05) is 13.8 Å². The van der Waals surface area contributed by atoms with Crippen molar-refractivity contribution >= 4 is 11.3 Å². The van der Waals surface area contributed by atoms with Crippen LogP contribution in [0.5, 0.6) is 0 Å². The molecule has 0 aliphatic carbocycles. The maximum atomic E-state index is 4.55. The molecule has 1 aromatic rings. The van der Waals surface area contributed by atoms with Crippen LogP contribution in [0.2, 0.25) is 0 Å². The molecule has 13 heavy (non-hydrogen) atoms. The Hall–Kier alpha value is -0.410. The Balaban J connectivity index is 2.78. The van der Waals surface area contributed by atoms with E-state index in [2.05, 4.69) is 31.1 Å². The SMILES string of the molecule is CNCCc1nc(C)sc1C(C)C. The molecule has 0 amide bonds. The number of likely N-dealkylation sites (N-methyl/N-ethyl adjacent to an activating group) is 1. The summed E-state index contributed by atoms with van der Waals surface area (Å²) in [5.74, 6) is 0.609. The third kappa shape index (κ3) is 2.78. The van der Waals surface area contributed by atoms with Gasteiger partial charge in [0, 0.05) is 17.8 Å². The van der Waals surface area contributed by atoms with Crippen molar-refractivity contribution in [1.29, 1.82) is 0 Å². The van der Waals surface area contributed by atoms with Crippen LogP contribution in [0.4, 0.5) is 0 Å². The molecule has 74 valence electrons. The molecule has 0 aliphatic heterocycles. The highest BCUT2D eigenvalue weighted by atomic mass is 32.1. The van der Waals surface area contributed by atoms with E-state index >= 15 is 0 Å². The summed E-state index contributed by atoms with van der Waals surface area (Å²) >= 11 is 1.83. The number of hydrogen-bond donors (Lipinski definition) is 1. The van der Waals surface area contributed by atoms with E-state index in [1.807, 2.05) is 18.4 Å². The Morgan fingerprint density at radius 3 is 2.69 bits per heavy atom. The van der Waals surface area contributed by atoms with Crippen molar-refractivity contribution in [3.05, 3.63) is 15.6 Å². The summed E-state index contributed by atoms with van der Waals surface area (Å²) in [6.07, 6.45) is 1.05. The van der Waals surface area contributed by atoms with Crippen LogP contribution in [0.1, 0.15) is 35.3 Å². The fourth-order valence-electron chi connectivity index (χ4n) is 1.36. The fourth-order valence-corrected chi connectivity index (χ4v) is 2.33. The molecule has 0 radical (unpaired) electrons. The maximum absolute atomic E-state index is 4.55. The molecular formula is C10H18N2S. The highest BCUT2D eigenvalue weighted by molar-refractivity contribution is 7.11. The smallest absolute Gasteiger partial charge is 0.0900 e. The van der Waals surface area contributed by atoms with Crippen molar-refractivity contribution in [2.75, 3.05) is 13.6 Å². The fraction of sp³-hybridized carbons (Fsp3) is 0.700. The number of aryl methyl sites for hydroxylation is 1. The molecule has 0 saturated heterocycles. The van der Waals surface area contributed by atoms with Crippen molar-refractivity contribution in [3.63, 3.8) is 0 Å². The zero-order valence-corrected chi connectivity index (χ0v) is 9.66. The average Bonchev–Trinajstić information content (AvgIpc) is 2.43. The summed E-state index contributed by atoms with van der Waals surface area (Å²) < 4.78 is 0. The Kier molecular flexibility index (Phi) is 3.88. The molecule has 0 bridgehead atoms. The van der Waals surface area contributed by atoms with E-state index < -0.39 is 0 Å². The molecule has 0 atom stereocenters. The first-order valence-corrected chi connectivity index (χ1v) is 5.57. The third-order valence-electron chi connectivity index (χ3n) is 1.97. The molecule has 0 aromatic carbocycles. The predicted molar refractivity (Wildman–Crippen MR) is 58.6 cm³/mol. The van der Waals surface area contributed by atoms with E-state index in [1.54, 1.807) is 0 Å². The van der Waals surface area contributed by atoms with Crippen molar-refractivity contribution < 1.29 is 0 Å².